The maximum absolute atomic E-state index is 10.5. The first-order valence-electron chi connectivity index (χ1n) is 4.66. The van der Waals surface area contributed by atoms with Gasteiger partial charge in [-0.15, -0.1) is 0 Å². The van der Waals surface area contributed by atoms with Crippen molar-refractivity contribution in [2.75, 3.05) is 20.3 Å². The van der Waals surface area contributed by atoms with E-state index in [1.165, 1.54) is 7.11 Å². The lowest BCUT2D eigenvalue weighted by Gasteiger charge is -2.09. The van der Waals surface area contributed by atoms with Crippen LogP contribution in [0, 0.1) is 0 Å². The fourth-order valence-corrected chi connectivity index (χ4v) is 1.12. The second-order valence-electron chi connectivity index (χ2n) is 2.93. The molecule has 1 aromatic rings. The van der Waals surface area contributed by atoms with Crippen molar-refractivity contribution in [2.45, 2.75) is 6.42 Å². The Balaban J connectivity index is 2.73. The Morgan fingerprint density at radius 2 is 2.13 bits per heavy atom. The van der Waals surface area contributed by atoms with Crippen LogP contribution in [-0.2, 0) is 5.11 Å². The highest BCUT2D eigenvalue weighted by atomic mass is 16.5. The molecule has 0 atom stereocenters. The highest BCUT2D eigenvalue weighted by Crippen LogP contribution is 2.27. The van der Waals surface area contributed by atoms with Crippen LogP contribution in [0.2, 0.25) is 0 Å². The first kappa shape index (κ1) is 11.5. The number of benzene rings is 1. The van der Waals surface area contributed by atoms with Crippen molar-refractivity contribution in [3.8, 4) is 11.5 Å². The van der Waals surface area contributed by atoms with Crippen molar-refractivity contribution < 1.29 is 19.4 Å². The average Bonchev–Trinajstić information content (AvgIpc) is 2.29. The molecular weight excluding hydrogens is 196 g/mol. The molecule has 81 valence electrons. The zero-order valence-electron chi connectivity index (χ0n) is 8.56. The molecule has 0 spiro atoms. The van der Waals surface area contributed by atoms with Crippen molar-refractivity contribution in [3.05, 3.63) is 23.8 Å². The normalized spacial score (nSPS) is 9.73. The van der Waals surface area contributed by atoms with E-state index in [0.29, 0.717) is 30.1 Å². The number of hydrogen-bond donors (Lipinski definition) is 0. The molecule has 1 aromatic carbocycles. The molecule has 15 heavy (non-hydrogen) atoms. The van der Waals surface area contributed by atoms with E-state index in [1.807, 2.05) is 0 Å². The molecule has 4 nitrogen and oxygen atoms in total. The van der Waals surface area contributed by atoms with Gasteiger partial charge in [-0.1, -0.05) is 0 Å². The predicted octanol–water partition coefficient (Wildman–Crippen LogP) is 1.71. The fraction of sp³-hybridized carbons (Fsp3) is 0.364. The van der Waals surface area contributed by atoms with Gasteiger partial charge in [0.1, 0.15) is 6.29 Å². The van der Waals surface area contributed by atoms with Crippen molar-refractivity contribution in [1.29, 1.82) is 0 Å². The van der Waals surface area contributed by atoms with E-state index in [0.717, 1.165) is 6.29 Å². The molecule has 0 bridgehead atoms. The maximum atomic E-state index is 10.5. The van der Waals surface area contributed by atoms with Crippen LogP contribution < -0.4 is 9.47 Å². The molecule has 0 heterocycles. The molecule has 0 aliphatic heterocycles. The Morgan fingerprint density at radius 1 is 1.33 bits per heavy atom. The second kappa shape index (κ2) is 6.03. The van der Waals surface area contributed by atoms with Crippen molar-refractivity contribution in [3.63, 3.8) is 0 Å². The summed E-state index contributed by atoms with van der Waals surface area (Å²) in [6.07, 6.45) is 1.20. The van der Waals surface area contributed by atoms with Crippen molar-refractivity contribution in [2.24, 2.45) is 0 Å². The molecule has 0 saturated heterocycles. The second-order valence-corrected chi connectivity index (χ2v) is 2.93. The summed E-state index contributed by atoms with van der Waals surface area (Å²) in [5.74, 6) is 1.06. The smallest absolute Gasteiger partial charge is 0.161 e. The van der Waals surface area contributed by atoms with Gasteiger partial charge in [-0.3, -0.25) is 4.79 Å². The van der Waals surface area contributed by atoms with Crippen LogP contribution in [0.15, 0.2) is 18.2 Å². The van der Waals surface area contributed by atoms with Crippen molar-refractivity contribution >= 4 is 6.29 Å². The summed E-state index contributed by atoms with van der Waals surface area (Å²) in [6, 6.07) is 4.90. The highest BCUT2D eigenvalue weighted by Gasteiger charge is 2.04. The molecule has 4 heteroatoms. The molecule has 1 rings (SSSR count). The number of carbonyl (C=O) groups is 1. The molecule has 1 radical (unpaired) electrons. The molecule has 0 fully saturated rings. The Bertz CT molecular complexity index is 322. The third-order valence-corrected chi connectivity index (χ3v) is 1.87. The van der Waals surface area contributed by atoms with Gasteiger partial charge in [-0.2, -0.15) is 0 Å². The SMILES string of the molecule is COc1cc(C=O)ccc1OCCC[O]. The maximum Gasteiger partial charge on any atom is 0.161 e. The molecule has 0 amide bonds. The summed E-state index contributed by atoms with van der Waals surface area (Å²) in [4.78, 5) is 10.5. The van der Waals surface area contributed by atoms with Crippen LogP contribution in [0.25, 0.3) is 0 Å². The largest absolute Gasteiger partial charge is 0.493 e. The summed E-state index contributed by atoms with van der Waals surface area (Å²) in [7, 11) is 1.50. The summed E-state index contributed by atoms with van der Waals surface area (Å²) in [5, 5.41) is 10.2. The number of aldehydes is 1. The summed E-state index contributed by atoms with van der Waals surface area (Å²) < 4.78 is 10.4. The zero-order chi connectivity index (χ0) is 11.1. The van der Waals surface area contributed by atoms with Crippen LogP contribution >= 0.6 is 0 Å². The Labute approximate surface area is 88.4 Å². The number of carbonyl (C=O) groups excluding carboxylic acids is 1. The van der Waals surface area contributed by atoms with E-state index < -0.39 is 0 Å². The van der Waals surface area contributed by atoms with E-state index in [-0.39, 0.29) is 6.61 Å². The first-order chi connectivity index (χ1) is 7.31. The lowest BCUT2D eigenvalue weighted by atomic mass is 10.2. The van der Waals surface area contributed by atoms with Gasteiger partial charge < -0.3 is 9.47 Å². The van der Waals surface area contributed by atoms with Gasteiger partial charge in [0.25, 0.3) is 0 Å². The number of ether oxygens (including phenoxy) is 2. The summed E-state index contributed by atoms with van der Waals surface area (Å²) in [5.41, 5.74) is 0.531. The van der Waals surface area contributed by atoms with Gasteiger partial charge in [0.05, 0.1) is 20.3 Å². The van der Waals surface area contributed by atoms with Crippen LogP contribution in [0.3, 0.4) is 0 Å². The predicted molar refractivity (Wildman–Crippen MR) is 54.0 cm³/mol. The van der Waals surface area contributed by atoms with Crippen LogP contribution in [0.1, 0.15) is 16.8 Å². The lowest BCUT2D eigenvalue weighted by molar-refractivity contribution is 0.112. The fourth-order valence-electron chi connectivity index (χ4n) is 1.12. The highest BCUT2D eigenvalue weighted by molar-refractivity contribution is 5.76. The van der Waals surface area contributed by atoms with E-state index in [1.54, 1.807) is 18.2 Å². The van der Waals surface area contributed by atoms with E-state index in [4.69, 9.17) is 9.47 Å². The average molecular weight is 209 g/mol. The van der Waals surface area contributed by atoms with Gasteiger partial charge >= 0.3 is 0 Å². The minimum atomic E-state index is -0.158. The Morgan fingerprint density at radius 3 is 2.73 bits per heavy atom. The van der Waals surface area contributed by atoms with Gasteiger partial charge in [-0.25, -0.2) is 5.11 Å². The van der Waals surface area contributed by atoms with E-state index in [9.17, 15) is 9.90 Å². The van der Waals surface area contributed by atoms with Gasteiger partial charge in [0.15, 0.2) is 11.5 Å². The summed E-state index contributed by atoms with van der Waals surface area (Å²) >= 11 is 0. The lowest BCUT2D eigenvalue weighted by Crippen LogP contribution is -2.01. The Hall–Kier alpha value is -1.55. The Kier molecular flexibility index (Phi) is 4.63. The van der Waals surface area contributed by atoms with Gasteiger partial charge in [0.2, 0.25) is 0 Å². The van der Waals surface area contributed by atoms with Crippen LogP contribution in [-0.4, -0.2) is 26.6 Å². The quantitative estimate of drug-likeness (QED) is 0.529. The monoisotopic (exact) mass is 209 g/mol. The molecule has 0 aliphatic rings. The van der Waals surface area contributed by atoms with Crippen molar-refractivity contribution in [1.82, 2.24) is 0 Å². The third-order valence-electron chi connectivity index (χ3n) is 1.87. The van der Waals surface area contributed by atoms with Gasteiger partial charge in [0, 0.05) is 12.0 Å². The topological polar surface area (TPSA) is 55.4 Å². The number of methoxy groups -OCH3 is 1. The van der Waals surface area contributed by atoms with Crippen LogP contribution in [0.5, 0.6) is 11.5 Å². The molecule has 0 aliphatic carbocycles. The molecule has 0 unspecified atom stereocenters. The first-order valence-corrected chi connectivity index (χ1v) is 4.66. The third kappa shape index (κ3) is 3.25. The van der Waals surface area contributed by atoms with Crippen LogP contribution in [0.4, 0.5) is 0 Å². The summed E-state index contributed by atoms with van der Waals surface area (Å²) in [6.45, 7) is 0.203. The van der Waals surface area contributed by atoms with E-state index >= 15 is 0 Å². The molecular formula is C11H13O4. The minimum absolute atomic E-state index is 0.158. The van der Waals surface area contributed by atoms with Gasteiger partial charge in [-0.05, 0) is 18.2 Å². The molecule has 0 aromatic heterocycles. The minimum Gasteiger partial charge on any atom is -0.493 e. The molecule has 0 N–H and O–H groups in total. The number of hydrogen-bond acceptors (Lipinski definition) is 3. The number of rotatable bonds is 6. The zero-order valence-corrected chi connectivity index (χ0v) is 8.56. The standard InChI is InChI=1S/C11H13O4/c1-14-11-7-9(8-13)3-4-10(11)15-6-2-5-12/h3-4,7-8H,2,5-6H2,1H3. The molecule has 0 saturated carbocycles. The van der Waals surface area contributed by atoms with E-state index in [2.05, 4.69) is 0 Å².